The Balaban J connectivity index is 2.04. The van der Waals surface area contributed by atoms with E-state index in [1.54, 1.807) is 7.11 Å². The molecule has 0 aliphatic carbocycles. The largest absolute Gasteiger partial charge is 0.383 e. The Kier molecular flexibility index (Phi) is 6.21. The van der Waals surface area contributed by atoms with Crippen LogP contribution < -0.4 is 5.32 Å². The summed E-state index contributed by atoms with van der Waals surface area (Å²) in [5, 5.41) is 3.33. The lowest BCUT2D eigenvalue weighted by Gasteiger charge is -2.35. The number of aryl methyl sites for hydroxylation is 2. The number of nitrogens with zero attached hydrogens (tertiary/aromatic N) is 2. The maximum atomic E-state index is 5.99. The number of morpholine rings is 1. The Morgan fingerprint density at radius 1 is 1.45 bits per heavy atom. The summed E-state index contributed by atoms with van der Waals surface area (Å²) in [5.41, 5.74) is 3.84. The smallest absolute Gasteiger partial charge is 0.193 e. The minimum Gasteiger partial charge on any atom is -0.383 e. The maximum Gasteiger partial charge on any atom is 0.193 e. The van der Waals surface area contributed by atoms with Crippen LogP contribution in [0.25, 0.3) is 0 Å². The van der Waals surface area contributed by atoms with Crippen molar-refractivity contribution in [2.24, 2.45) is 4.99 Å². The van der Waals surface area contributed by atoms with Gasteiger partial charge in [0, 0.05) is 27.2 Å². The minimum atomic E-state index is 0.0929. The zero-order valence-corrected chi connectivity index (χ0v) is 14.1. The summed E-state index contributed by atoms with van der Waals surface area (Å²) in [7, 11) is 3.52. The Morgan fingerprint density at radius 2 is 2.27 bits per heavy atom. The first-order valence-corrected chi connectivity index (χ1v) is 7.79. The van der Waals surface area contributed by atoms with Crippen molar-refractivity contribution in [3.05, 3.63) is 34.9 Å². The fourth-order valence-corrected chi connectivity index (χ4v) is 2.81. The highest BCUT2D eigenvalue weighted by Crippen LogP contribution is 2.25. The third kappa shape index (κ3) is 4.21. The van der Waals surface area contributed by atoms with Gasteiger partial charge in [0.05, 0.1) is 19.8 Å². The van der Waals surface area contributed by atoms with E-state index in [4.69, 9.17) is 9.47 Å². The van der Waals surface area contributed by atoms with E-state index in [2.05, 4.69) is 47.3 Å². The molecule has 1 heterocycles. The first-order valence-electron chi connectivity index (χ1n) is 7.79. The van der Waals surface area contributed by atoms with Crippen LogP contribution in [0.4, 0.5) is 0 Å². The number of hydrogen-bond donors (Lipinski definition) is 1. The van der Waals surface area contributed by atoms with Crippen LogP contribution in [0.15, 0.2) is 23.2 Å². The van der Waals surface area contributed by atoms with Crippen LogP contribution >= 0.6 is 0 Å². The molecule has 5 nitrogen and oxygen atoms in total. The predicted octanol–water partition coefficient (Wildman–Crippen LogP) is 1.90. The summed E-state index contributed by atoms with van der Waals surface area (Å²) < 4.78 is 11.1. The number of benzene rings is 1. The number of methoxy groups -OCH3 is 1. The van der Waals surface area contributed by atoms with Crippen molar-refractivity contribution in [3.8, 4) is 0 Å². The Labute approximate surface area is 133 Å². The molecule has 2 rings (SSSR count). The van der Waals surface area contributed by atoms with Gasteiger partial charge in [0.2, 0.25) is 0 Å². The zero-order valence-electron chi connectivity index (χ0n) is 14.1. The van der Waals surface area contributed by atoms with Gasteiger partial charge in [0.15, 0.2) is 5.96 Å². The zero-order chi connectivity index (χ0) is 15.9. The number of aliphatic imine (C=N–C) groups is 1. The van der Waals surface area contributed by atoms with Gasteiger partial charge >= 0.3 is 0 Å². The number of guanidine groups is 1. The number of nitrogens with one attached hydrogen (secondary N) is 1. The van der Waals surface area contributed by atoms with Gasteiger partial charge in [-0.15, -0.1) is 0 Å². The van der Waals surface area contributed by atoms with Gasteiger partial charge in [-0.3, -0.25) is 4.99 Å². The highest BCUT2D eigenvalue weighted by molar-refractivity contribution is 5.80. The lowest BCUT2D eigenvalue weighted by atomic mass is 10.00. The van der Waals surface area contributed by atoms with Crippen LogP contribution in [-0.2, 0) is 9.47 Å². The van der Waals surface area contributed by atoms with Gasteiger partial charge in [0.25, 0.3) is 0 Å². The summed E-state index contributed by atoms with van der Waals surface area (Å²) >= 11 is 0. The van der Waals surface area contributed by atoms with Crippen molar-refractivity contribution in [3.63, 3.8) is 0 Å². The van der Waals surface area contributed by atoms with E-state index in [1.165, 1.54) is 16.7 Å². The molecule has 0 radical (unpaired) electrons. The summed E-state index contributed by atoms with van der Waals surface area (Å²) in [6, 6.07) is 6.54. The van der Waals surface area contributed by atoms with Crippen molar-refractivity contribution < 1.29 is 9.47 Å². The third-order valence-electron chi connectivity index (χ3n) is 3.94. The summed E-state index contributed by atoms with van der Waals surface area (Å²) in [4.78, 5) is 6.62. The molecule has 0 saturated carbocycles. The molecule has 1 saturated heterocycles. The topological polar surface area (TPSA) is 46.1 Å². The van der Waals surface area contributed by atoms with E-state index < -0.39 is 0 Å². The van der Waals surface area contributed by atoms with Crippen molar-refractivity contribution in [2.75, 3.05) is 47.0 Å². The van der Waals surface area contributed by atoms with E-state index in [-0.39, 0.29) is 6.10 Å². The van der Waals surface area contributed by atoms with Gasteiger partial charge in [-0.2, -0.15) is 0 Å². The normalized spacial score (nSPS) is 19.4. The average Bonchev–Trinajstić information content (AvgIpc) is 2.52. The molecule has 122 valence electrons. The number of ether oxygens (including phenoxy) is 2. The van der Waals surface area contributed by atoms with E-state index in [0.717, 1.165) is 25.6 Å². The van der Waals surface area contributed by atoms with E-state index >= 15 is 0 Å². The van der Waals surface area contributed by atoms with E-state index in [0.29, 0.717) is 13.2 Å². The second-order valence-electron chi connectivity index (χ2n) is 5.63. The van der Waals surface area contributed by atoms with Crippen LogP contribution in [0, 0.1) is 13.8 Å². The Hall–Kier alpha value is -1.59. The van der Waals surface area contributed by atoms with Gasteiger partial charge in [-0.1, -0.05) is 23.8 Å². The van der Waals surface area contributed by atoms with Crippen LogP contribution in [0.1, 0.15) is 22.8 Å². The Bertz CT molecular complexity index is 517. The lowest BCUT2D eigenvalue weighted by molar-refractivity contribution is -0.00839. The van der Waals surface area contributed by atoms with Gasteiger partial charge in [-0.05, 0) is 25.0 Å². The molecule has 0 aromatic heterocycles. The fraction of sp³-hybridized carbons (Fsp3) is 0.588. The van der Waals surface area contributed by atoms with Gasteiger partial charge < -0.3 is 19.7 Å². The second-order valence-corrected chi connectivity index (χ2v) is 5.63. The fourth-order valence-electron chi connectivity index (χ4n) is 2.81. The molecule has 0 amide bonds. The lowest BCUT2D eigenvalue weighted by Crippen LogP contribution is -2.48. The molecular formula is C17H27N3O2. The molecule has 5 heteroatoms. The van der Waals surface area contributed by atoms with Gasteiger partial charge in [0.1, 0.15) is 6.10 Å². The van der Waals surface area contributed by atoms with Crippen molar-refractivity contribution in [1.82, 2.24) is 10.2 Å². The summed E-state index contributed by atoms with van der Waals surface area (Å²) in [6.07, 6.45) is 0.0929. The molecule has 1 aliphatic heterocycles. The highest BCUT2D eigenvalue weighted by atomic mass is 16.5. The SMILES string of the molecule is CN=C(NCCOC)N1CCOC(c2ccc(C)cc2C)C1. The van der Waals surface area contributed by atoms with Crippen LogP contribution in [0.3, 0.4) is 0 Å². The standard InChI is InChI=1S/C17H27N3O2/c1-13-5-6-15(14(2)11-13)16-12-20(8-10-22-16)17(18-3)19-7-9-21-4/h5-6,11,16H,7-10,12H2,1-4H3,(H,18,19). The van der Waals surface area contributed by atoms with E-state index in [9.17, 15) is 0 Å². The van der Waals surface area contributed by atoms with Gasteiger partial charge in [-0.25, -0.2) is 0 Å². The highest BCUT2D eigenvalue weighted by Gasteiger charge is 2.25. The number of hydrogen-bond acceptors (Lipinski definition) is 3. The monoisotopic (exact) mass is 305 g/mol. The molecule has 22 heavy (non-hydrogen) atoms. The van der Waals surface area contributed by atoms with E-state index in [1.807, 2.05) is 7.05 Å². The molecule has 1 unspecified atom stereocenters. The second kappa shape index (κ2) is 8.15. The van der Waals surface area contributed by atoms with Crippen LogP contribution in [0.5, 0.6) is 0 Å². The molecule has 1 aromatic rings. The molecule has 1 atom stereocenters. The van der Waals surface area contributed by atoms with Crippen LogP contribution in [0.2, 0.25) is 0 Å². The molecule has 1 fully saturated rings. The maximum absolute atomic E-state index is 5.99. The number of rotatable bonds is 4. The summed E-state index contributed by atoms with van der Waals surface area (Å²) in [5.74, 6) is 0.912. The predicted molar refractivity (Wildman–Crippen MR) is 89.4 cm³/mol. The van der Waals surface area contributed by atoms with Crippen molar-refractivity contribution >= 4 is 5.96 Å². The molecule has 0 spiro atoms. The molecule has 1 N–H and O–H groups in total. The molecule has 1 aliphatic rings. The van der Waals surface area contributed by atoms with Crippen molar-refractivity contribution in [2.45, 2.75) is 20.0 Å². The average molecular weight is 305 g/mol. The Morgan fingerprint density at radius 3 is 2.95 bits per heavy atom. The van der Waals surface area contributed by atoms with Crippen LogP contribution in [-0.4, -0.2) is 57.9 Å². The molecular weight excluding hydrogens is 278 g/mol. The quantitative estimate of drug-likeness (QED) is 0.524. The molecule has 1 aromatic carbocycles. The third-order valence-corrected chi connectivity index (χ3v) is 3.94. The minimum absolute atomic E-state index is 0.0929. The molecule has 0 bridgehead atoms. The summed E-state index contributed by atoms with van der Waals surface area (Å²) in [6.45, 7) is 8.08. The first-order chi connectivity index (χ1) is 10.7. The first kappa shape index (κ1) is 16.8. The van der Waals surface area contributed by atoms with Crippen molar-refractivity contribution in [1.29, 1.82) is 0 Å².